The van der Waals surface area contributed by atoms with Crippen LogP contribution in [-0.4, -0.2) is 51.1 Å². The van der Waals surface area contributed by atoms with Crippen LogP contribution < -0.4 is 14.2 Å². The number of rotatable bonds is 10. The highest BCUT2D eigenvalue weighted by Crippen LogP contribution is 2.49. The molecule has 0 amide bonds. The lowest BCUT2D eigenvalue weighted by molar-refractivity contribution is -0.668. The number of thiazole rings is 1. The van der Waals surface area contributed by atoms with Crippen molar-refractivity contribution in [2.24, 2.45) is 0 Å². The molecule has 1 aromatic heterocycles. The zero-order chi connectivity index (χ0) is 26.1. The molecule has 4 rings (SSSR count). The highest BCUT2D eigenvalue weighted by molar-refractivity contribution is 8.04. The van der Waals surface area contributed by atoms with Gasteiger partial charge in [0.05, 0.1) is 35.4 Å². The number of aryl methyl sites for hydroxylation is 2. The van der Waals surface area contributed by atoms with Crippen molar-refractivity contribution in [3.8, 4) is 5.75 Å². The van der Waals surface area contributed by atoms with Gasteiger partial charge < -0.3 is 9.64 Å². The van der Waals surface area contributed by atoms with E-state index < -0.39 is 20.2 Å². The molecule has 1 aliphatic heterocycles. The molecule has 2 aromatic carbocycles. The van der Waals surface area contributed by atoms with E-state index in [0.717, 1.165) is 42.1 Å². The number of hydrogen-bond acceptors (Lipinski definition) is 8. The number of benzene rings is 2. The topological polar surface area (TPSA) is 125 Å². The number of aromatic nitrogens is 1. The van der Waals surface area contributed by atoms with E-state index in [1.54, 1.807) is 18.4 Å². The predicted molar refractivity (Wildman–Crippen MR) is 143 cm³/mol. The van der Waals surface area contributed by atoms with Gasteiger partial charge in [0.25, 0.3) is 25.2 Å². The summed E-state index contributed by atoms with van der Waals surface area (Å²) in [5.41, 5.74) is 2.83. The molecule has 1 aliphatic rings. The van der Waals surface area contributed by atoms with Crippen molar-refractivity contribution >= 4 is 65.3 Å². The van der Waals surface area contributed by atoms with Crippen molar-refractivity contribution in [1.82, 2.24) is 0 Å². The van der Waals surface area contributed by atoms with Crippen LogP contribution in [0.4, 0.5) is 5.69 Å². The number of fused-ring (bicyclic) bond motifs is 2. The van der Waals surface area contributed by atoms with E-state index in [9.17, 15) is 25.9 Å². The van der Waals surface area contributed by atoms with Gasteiger partial charge in [-0.3, -0.25) is 9.11 Å². The van der Waals surface area contributed by atoms with Crippen molar-refractivity contribution in [2.45, 2.75) is 31.2 Å². The molecule has 36 heavy (non-hydrogen) atoms. The van der Waals surface area contributed by atoms with Crippen LogP contribution in [-0.2, 0) is 26.8 Å². The Morgan fingerprint density at radius 1 is 1.06 bits per heavy atom. The van der Waals surface area contributed by atoms with Gasteiger partial charge in [0.1, 0.15) is 10.4 Å². The zero-order valence-electron chi connectivity index (χ0n) is 19.7. The molecule has 2 N–H and O–H groups in total. The first-order valence-electron chi connectivity index (χ1n) is 11.1. The van der Waals surface area contributed by atoms with Crippen molar-refractivity contribution in [2.75, 3.05) is 30.1 Å². The number of ether oxygens (including phenoxy) is 1. The molecule has 0 unspecified atom stereocenters. The summed E-state index contributed by atoms with van der Waals surface area (Å²) in [5.74, 6) is 0.0774. The van der Waals surface area contributed by atoms with Gasteiger partial charge in [0.2, 0.25) is 5.52 Å². The molecule has 0 saturated heterocycles. The fraction of sp³-hybridized carbons (Fsp3) is 0.348. The van der Waals surface area contributed by atoms with E-state index in [1.165, 1.54) is 11.8 Å². The monoisotopic (exact) mass is 571 g/mol. The first kappa shape index (κ1) is 26.9. The van der Waals surface area contributed by atoms with Crippen LogP contribution in [0.3, 0.4) is 0 Å². The summed E-state index contributed by atoms with van der Waals surface area (Å²) in [4.78, 5) is 3.00. The molecule has 2 heterocycles. The van der Waals surface area contributed by atoms with Gasteiger partial charge in [-0.25, -0.2) is 0 Å². The van der Waals surface area contributed by atoms with Gasteiger partial charge >= 0.3 is 0 Å². The molecule has 0 radical (unpaired) electrons. The fourth-order valence-electron chi connectivity index (χ4n) is 4.10. The smallest absolute Gasteiger partial charge is 0.265 e. The van der Waals surface area contributed by atoms with E-state index in [2.05, 4.69) is 0 Å². The SMILES string of the molecule is COc1cc2c(cc1C)N(CCCS(=O)(=O)O)C(=Cc1sc3ccccc3[n+]1CCCS(=O)(=O)O)S2. The van der Waals surface area contributed by atoms with Crippen molar-refractivity contribution in [3.05, 3.63) is 52.0 Å². The third kappa shape index (κ3) is 6.39. The van der Waals surface area contributed by atoms with Gasteiger partial charge in [-0.15, -0.1) is 0 Å². The second-order valence-electron chi connectivity index (χ2n) is 8.36. The lowest BCUT2D eigenvalue weighted by Crippen LogP contribution is -2.36. The largest absolute Gasteiger partial charge is 0.496 e. The zero-order valence-corrected chi connectivity index (χ0v) is 23.0. The summed E-state index contributed by atoms with van der Waals surface area (Å²) >= 11 is 3.10. The molecule has 0 aliphatic carbocycles. The number of hydrogen-bond donors (Lipinski definition) is 2. The van der Waals surface area contributed by atoms with Crippen LogP contribution in [0.15, 0.2) is 46.3 Å². The molecule has 0 atom stereocenters. The number of anilines is 1. The van der Waals surface area contributed by atoms with E-state index in [0.29, 0.717) is 13.1 Å². The normalized spacial score (nSPS) is 15.1. The summed E-state index contributed by atoms with van der Waals surface area (Å²) in [5, 5.41) is 1.77. The summed E-state index contributed by atoms with van der Waals surface area (Å²) in [6.07, 6.45) is 2.50. The Labute approximate surface area is 218 Å². The molecule has 13 heteroatoms. The van der Waals surface area contributed by atoms with Gasteiger partial charge in [-0.05, 0) is 37.1 Å². The quantitative estimate of drug-likeness (QED) is 0.275. The highest BCUT2D eigenvalue weighted by atomic mass is 32.2. The Morgan fingerprint density at radius 3 is 2.44 bits per heavy atom. The van der Waals surface area contributed by atoms with Crippen molar-refractivity contribution in [1.29, 1.82) is 0 Å². The Hall–Kier alpha value is -2.16. The predicted octanol–water partition coefficient (Wildman–Crippen LogP) is 3.97. The molecule has 0 spiro atoms. The lowest BCUT2D eigenvalue weighted by Gasteiger charge is -2.20. The lowest BCUT2D eigenvalue weighted by atomic mass is 10.2. The van der Waals surface area contributed by atoms with Crippen LogP contribution in [0.2, 0.25) is 0 Å². The molecule has 9 nitrogen and oxygen atoms in total. The standard InChI is InChI=1S/C23H26N2O7S4/c1-16-13-18-21(14-19(16)32-2)34-23(25(18)10-6-12-36(29,30)31)15-22-24(9-5-11-35(26,27)28)17-7-3-4-8-20(17)33-22/h3-4,7-8,13-15H,5-6,9-12H2,1-2H3,(H-,26,27,28,29,30,31)/p+1. The minimum absolute atomic E-state index is 0.238. The van der Waals surface area contributed by atoms with E-state index in [1.807, 2.05) is 58.9 Å². The minimum Gasteiger partial charge on any atom is -0.496 e. The first-order valence-corrected chi connectivity index (χ1v) is 16.0. The Kier molecular flexibility index (Phi) is 7.98. The Balaban J connectivity index is 1.74. The van der Waals surface area contributed by atoms with Crippen LogP contribution >= 0.6 is 23.1 Å². The second kappa shape index (κ2) is 10.7. The molecule has 0 bridgehead atoms. The van der Waals surface area contributed by atoms with Gasteiger partial charge in [0, 0.05) is 23.9 Å². The molecular formula is C23H27N2O7S4+. The third-order valence-corrected chi connectivity index (χ3v) is 9.52. The van der Waals surface area contributed by atoms with Crippen LogP contribution in [0.1, 0.15) is 23.4 Å². The Bertz CT molecular complexity index is 1530. The van der Waals surface area contributed by atoms with E-state index >= 15 is 0 Å². The highest BCUT2D eigenvalue weighted by Gasteiger charge is 2.29. The number of nitrogens with zero attached hydrogens (tertiary/aromatic N) is 2. The molecule has 194 valence electrons. The van der Waals surface area contributed by atoms with Crippen LogP contribution in [0.25, 0.3) is 16.3 Å². The third-order valence-electron chi connectivity index (χ3n) is 5.70. The van der Waals surface area contributed by atoms with Gasteiger partial charge in [-0.2, -0.15) is 21.4 Å². The molecule has 3 aromatic rings. The second-order valence-corrected chi connectivity index (χ2v) is 13.6. The van der Waals surface area contributed by atoms with Crippen molar-refractivity contribution < 1.29 is 35.2 Å². The summed E-state index contributed by atoms with van der Waals surface area (Å²) in [6, 6.07) is 11.8. The van der Waals surface area contributed by atoms with E-state index in [4.69, 9.17) is 4.74 Å². The number of thioether (sulfide) groups is 1. The maximum Gasteiger partial charge on any atom is 0.265 e. The number of para-hydroxylation sites is 1. The molecular weight excluding hydrogens is 545 g/mol. The summed E-state index contributed by atoms with van der Waals surface area (Å²) in [7, 11) is -6.53. The van der Waals surface area contributed by atoms with Gasteiger partial charge in [0.15, 0.2) is 6.54 Å². The Morgan fingerprint density at radius 2 is 1.75 bits per heavy atom. The molecule has 0 fully saturated rings. The average molecular weight is 572 g/mol. The first-order chi connectivity index (χ1) is 16.9. The van der Waals surface area contributed by atoms with Gasteiger partial charge in [-0.1, -0.05) is 35.2 Å². The van der Waals surface area contributed by atoms with Crippen LogP contribution in [0.5, 0.6) is 5.75 Å². The minimum atomic E-state index is -4.08. The van der Waals surface area contributed by atoms with Crippen LogP contribution in [0, 0.1) is 6.92 Å². The van der Waals surface area contributed by atoms with E-state index in [-0.39, 0.29) is 24.3 Å². The average Bonchev–Trinajstić information content (AvgIpc) is 3.29. The molecule has 0 saturated carbocycles. The summed E-state index contributed by atoms with van der Waals surface area (Å²) in [6.45, 7) is 2.72. The maximum atomic E-state index is 11.3. The van der Waals surface area contributed by atoms with Crippen molar-refractivity contribution in [3.63, 3.8) is 0 Å². The number of methoxy groups -OCH3 is 1. The summed E-state index contributed by atoms with van der Waals surface area (Å²) < 4.78 is 72.1. The maximum absolute atomic E-state index is 11.3. The fourth-order valence-corrected chi connectivity index (χ4v) is 7.42.